The summed E-state index contributed by atoms with van der Waals surface area (Å²) in [5.74, 6) is -0.811. The summed E-state index contributed by atoms with van der Waals surface area (Å²) in [6, 6.07) is 0. The number of nitrogens with zero attached hydrogens (tertiary/aromatic N) is 1. The van der Waals surface area contributed by atoms with E-state index in [4.69, 9.17) is 0 Å². The molecular formula is C11H12F3NO2. The van der Waals surface area contributed by atoms with Gasteiger partial charge in [0.2, 0.25) is 0 Å². The van der Waals surface area contributed by atoms with Crippen LogP contribution in [0.1, 0.15) is 25.7 Å². The van der Waals surface area contributed by atoms with Gasteiger partial charge in [0.05, 0.1) is 13.0 Å². The van der Waals surface area contributed by atoms with Gasteiger partial charge in [0, 0.05) is 12.2 Å². The Hall–Kier alpha value is -1.33. The fourth-order valence-corrected chi connectivity index (χ4v) is 1.37. The SMILES string of the molecule is O=C1C=CC(=O)N1[CH]CCCC[CH]C(F)(F)F. The molecule has 1 aliphatic heterocycles. The highest BCUT2D eigenvalue weighted by atomic mass is 19.4. The molecule has 1 heterocycles. The monoisotopic (exact) mass is 247 g/mol. The van der Waals surface area contributed by atoms with E-state index in [1.54, 1.807) is 0 Å². The number of amides is 2. The van der Waals surface area contributed by atoms with E-state index >= 15 is 0 Å². The van der Waals surface area contributed by atoms with E-state index in [9.17, 15) is 22.8 Å². The van der Waals surface area contributed by atoms with Crippen molar-refractivity contribution in [3.05, 3.63) is 25.1 Å². The molecule has 0 spiro atoms. The second-order valence-electron chi connectivity index (χ2n) is 3.59. The second-order valence-corrected chi connectivity index (χ2v) is 3.59. The molecule has 94 valence electrons. The van der Waals surface area contributed by atoms with Gasteiger partial charge in [0.15, 0.2) is 0 Å². The highest BCUT2D eigenvalue weighted by Crippen LogP contribution is 2.22. The fraction of sp³-hybridized carbons (Fsp3) is 0.455. The zero-order valence-electron chi connectivity index (χ0n) is 9.04. The van der Waals surface area contributed by atoms with Crippen LogP contribution in [-0.2, 0) is 9.59 Å². The van der Waals surface area contributed by atoms with Gasteiger partial charge in [0.1, 0.15) is 0 Å². The lowest BCUT2D eigenvalue weighted by atomic mass is 10.1. The molecule has 0 saturated carbocycles. The van der Waals surface area contributed by atoms with E-state index in [0.717, 1.165) is 17.1 Å². The van der Waals surface area contributed by atoms with E-state index < -0.39 is 18.0 Å². The van der Waals surface area contributed by atoms with Crippen LogP contribution in [0.3, 0.4) is 0 Å². The average Bonchev–Trinajstić information content (AvgIpc) is 2.52. The van der Waals surface area contributed by atoms with Crippen molar-refractivity contribution >= 4 is 11.8 Å². The number of rotatable bonds is 6. The maximum absolute atomic E-state index is 11.7. The lowest BCUT2D eigenvalue weighted by molar-refractivity contribution is -0.134. The number of alkyl halides is 3. The predicted octanol–water partition coefficient (Wildman–Crippen LogP) is 2.40. The van der Waals surface area contributed by atoms with Crippen LogP contribution in [0.5, 0.6) is 0 Å². The van der Waals surface area contributed by atoms with Crippen molar-refractivity contribution in [2.45, 2.75) is 31.9 Å². The van der Waals surface area contributed by atoms with Crippen molar-refractivity contribution in [3.63, 3.8) is 0 Å². The Morgan fingerprint density at radius 3 is 2.12 bits per heavy atom. The molecule has 17 heavy (non-hydrogen) atoms. The van der Waals surface area contributed by atoms with Gasteiger partial charge in [0.25, 0.3) is 11.8 Å². The molecule has 3 nitrogen and oxygen atoms in total. The Kier molecular flexibility index (Phi) is 4.72. The van der Waals surface area contributed by atoms with Crippen LogP contribution in [-0.4, -0.2) is 22.9 Å². The summed E-state index contributed by atoms with van der Waals surface area (Å²) in [7, 11) is 0. The number of halogens is 3. The molecule has 0 aromatic carbocycles. The highest BCUT2D eigenvalue weighted by molar-refractivity contribution is 6.13. The smallest absolute Gasteiger partial charge is 0.270 e. The molecule has 0 N–H and O–H groups in total. The Morgan fingerprint density at radius 2 is 1.59 bits per heavy atom. The zero-order chi connectivity index (χ0) is 12.9. The summed E-state index contributed by atoms with van der Waals surface area (Å²) in [5, 5.41) is 0. The van der Waals surface area contributed by atoms with Gasteiger partial charge < -0.3 is 0 Å². The molecule has 0 saturated heterocycles. The normalized spacial score (nSPS) is 16.1. The number of imide groups is 1. The highest BCUT2D eigenvalue weighted by Gasteiger charge is 2.26. The Balaban J connectivity index is 2.05. The second kappa shape index (κ2) is 5.84. The predicted molar refractivity (Wildman–Crippen MR) is 54.1 cm³/mol. The summed E-state index contributed by atoms with van der Waals surface area (Å²) in [4.78, 5) is 23.1. The van der Waals surface area contributed by atoms with E-state index in [2.05, 4.69) is 0 Å². The first-order valence-corrected chi connectivity index (χ1v) is 5.20. The van der Waals surface area contributed by atoms with Gasteiger partial charge in [-0.15, -0.1) is 0 Å². The van der Waals surface area contributed by atoms with Crippen LogP contribution in [0.25, 0.3) is 0 Å². The molecule has 6 heteroatoms. The maximum Gasteiger partial charge on any atom is 0.392 e. The van der Waals surface area contributed by atoms with Crippen molar-refractivity contribution in [1.82, 2.24) is 4.90 Å². The lowest BCUT2D eigenvalue weighted by Gasteiger charge is -2.12. The third-order valence-corrected chi connectivity index (χ3v) is 2.19. The first kappa shape index (κ1) is 13.7. The first-order valence-electron chi connectivity index (χ1n) is 5.20. The third-order valence-electron chi connectivity index (χ3n) is 2.19. The Labute approximate surface area is 97.3 Å². The maximum atomic E-state index is 11.7. The number of carbonyl (C=O) groups excluding carboxylic acids is 2. The van der Waals surface area contributed by atoms with Crippen molar-refractivity contribution in [1.29, 1.82) is 0 Å². The van der Waals surface area contributed by atoms with Crippen molar-refractivity contribution in [2.24, 2.45) is 0 Å². The van der Waals surface area contributed by atoms with Gasteiger partial charge in [-0.2, -0.15) is 13.2 Å². The summed E-state index contributed by atoms with van der Waals surface area (Å²) in [5.41, 5.74) is 0. The van der Waals surface area contributed by atoms with Crippen LogP contribution < -0.4 is 0 Å². The van der Waals surface area contributed by atoms with Gasteiger partial charge in [-0.25, -0.2) is 0 Å². The minimum Gasteiger partial charge on any atom is -0.270 e. The standard InChI is InChI=1S/C11H12F3NO2/c12-11(13,14)7-3-1-2-4-8-15-9(16)5-6-10(15)17/h5-8H,1-4H2. The molecule has 0 unspecified atom stereocenters. The van der Waals surface area contributed by atoms with Crippen molar-refractivity contribution in [2.75, 3.05) is 0 Å². The van der Waals surface area contributed by atoms with E-state index in [0.29, 0.717) is 25.7 Å². The molecule has 0 aromatic heterocycles. The van der Waals surface area contributed by atoms with E-state index in [1.165, 1.54) is 6.54 Å². The number of hydrogen-bond donors (Lipinski definition) is 0. The Morgan fingerprint density at radius 1 is 1.06 bits per heavy atom. The average molecular weight is 247 g/mol. The van der Waals surface area contributed by atoms with Crippen molar-refractivity contribution in [3.8, 4) is 0 Å². The molecule has 0 bridgehead atoms. The number of hydrogen-bond acceptors (Lipinski definition) is 2. The quantitative estimate of drug-likeness (QED) is 0.534. The summed E-state index contributed by atoms with van der Waals surface area (Å²) >= 11 is 0. The van der Waals surface area contributed by atoms with Gasteiger partial charge in [-0.05, 0) is 12.8 Å². The topological polar surface area (TPSA) is 37.4 Å². The summed E-state index contributed by atoms with van der Waals surface area (Å²) in [6.07, 6.45) is -0.354. The Bertz CT molecular complexity index is 305. The summed E-state index contributed by atoms with van der Waals surface area (Å²) < 4.78 is 35.2. The molecule has 1 aliphatic rings. The van der Waals surface area contributed by atoms with Gasteiger partial charge >= 0.3 is 6.18 Å². The van der Waals surface area contributed by atoms with Gasteiger partial charge in [-0.3, -0.25) is 14.5 Å². The van der Waals surface area contributed by atoms with E-state index in [-0.39, 0.29) is 6.42 Å². The van der Waals surface area contributed by atoms with E-state index in [1.807, 2.05) is 0 Å². The molecule has 2 radical (unpaired) electrons. The molecule has 0 atom stereocenters. The summed E-state index contributed by atoms with van der Waals surface area (Å²) in [6.45, 7) is 1.41. The lowest BCUT2D eigenvalue weighted by Crippen LogP contribution is -2.27. The molecule has 0 aromatic rings. The molecule has 0 aliphatic carbocycles. The van der Waals surface area contributed by atoms with Crippen LogP contribution in [0.15, 0.2) is 12.2 Å². The third kappa shape index (κ3) is 5.01. The molecular weight excluding hydrogens is 235 g/mol. The van der Waals surface area contributed by atoms with Crippen LogP contribution >= 0.6 is 0 Å². The first-order chi connectivity index (χ1) is 7.90. The minimum absolute atomic E-state index is 0.0442. The number of carbonyl (C=O) groups is 2. The zero-order valence-corrected chi connectivity index (χ0v) is 9.04. The van der Waals surface area contributed by atoms with Crippen LogP contribution in [0, 0.1) is 13.0 Å². The molecule has 2 amide bonds. The van der Waals surface area contributed by atoms with Gasteiger partial charge in [-0.1, -0.05) is 12.8 Å². The largest absolute Gasteiger partial charge is 0.392 e. The number of unbranched alkanes of at least 4 members (excludes halogenated alkanes) is 3. The van der Waals surface area contributed by atoms with Crippen LogP contribution in [0.2, 0.25) is 0 Å². The van der Waals surface area contributed by atoms with Crippen molar-refractivity contribution < 1.29 is 22.8 Å². The molecule has 1 rings (SSSR count). The minimum atomic E-state index is -4.23. The van der Waals surface area contributed by atoms with Crippen LogP contribution in [0.4, 0.5) is 13.2 Å². The fourth-order valence-electron chi connectivity index (χ4n) is 1.37. The molecule has 0 fully saturated rings.